The van der Waals surface area contributed by atoms with Gasteiger partial charge in [-0.15, -0.1) is 0 Å². The molecule has 0 aromatic heterocycles. The molecule has 0 radical (unpaired) electrons. The first-order valence-corrected chi connectivity index (χ1v) is 8.58. The van der Waals surface area contributed by atoms with Gasteiger partial charge in [-0.2, -0.15) is 0 Å². The number of hydrogen-bond donors (Lipinski definition) is 2. The molecule has 0 fully saturated rings. The molecule has 0 atom stereocenters. The van der Waals surface area contributed by atoms with Crippen LogP contribution in [0.25, 0.3) is 0 Å². The summed E-state index contributed by atoms with van der Waals surface area (Å²) in [6, 6.07) is 3.46. The van der Waals surface area contributed by atoms with Crippen molar-refractivity contribution in [1.82, 2.24) is 4.72 Å². The molecule has 0 unspecified atom stereocenters. The molecular weight excluding hydrogens is 272 g/mol. The third-order valence-corrected chi connectivity index (χ3v) is 4.92. The smallest absolute Gasteiger partial charge is 0.240 e. The lowest BCUT2D eigenvalue weighted by atomic mass is 10.1. The number of sulfonamides is 1. The molecule has 0 aliphatic heterocycles. The molecule has 3 N–H and O–H groups in total. The van der Waals surface area contributed by atoms with Crippen molar-refractivity contribution in [2.45, 2.75) is 51.9 Å². The Hall–Kier alpha value is -1.07. The van der Waals surface area contributed by atoms with E-state index >= 15 is 0 Å². The van der Waals surface area contributed by atoms with Crippen LogP contribution in [0.15, 0.2) is 17.0 Å². The summed E-state index contributed by atoms with van der Waals surface area (Å²) in [5, 5.41) is 0. The highest BCUT2D eigenvalue weighted by Gasteiger charge is 2.18. The highest BCUT2D eigenvalue weighted by atomic mass is 32.2. The average Bonchev–Trinajstić information content (AvgIpc) is 2.32. The zero-order valence-electron chi connectivity index (χ0n) is 12.9. The normalized spacial score (nSPS) is 12.1. The van der Waals surface area contributed by atoms with Crippen LogP contribution in [-0.4, -0.2) is 15.0 Å². The predicted octanol–water partition coefficient (Wildman–Crippen LogP) is 2.99. The molecule has 1 aromatic carbocycles. The van der Waals surface area contributed by atoms with E-state index < -0.39 is 10.0 Å². The predicted molar refractivity (Wildman–Crippen MR) is 84.2 cm³/mol. The Labute approximate surface area is 122 Å². The van der Waals surface area contributed by atoms with E-state index in [0.717, 1.165) is 24.8 Å². The van der Waals surface area contributed by atoms with Gasteiger partial charge in [-0.25, -0.2) is 13.1 Å². The minimum absolute atomic E-state index is 0.291. The maximum absolute atomic E-state index is 12.3. The summed E-state index contributed by atoms with van der Waals surface area (Å²) in [6.07, 6.45) is 3.02. The van der Waals surface area contributed by atoms with E-state index in [0.29, 0.717) is 28.6 Å². The van der Waals surface area contributed by atoms with Gasteiger partial charge in [0.1, 0.15) is 0 Å². The third kappa shape index (κ3) is 4.80. The van der Waals surface area contributed by atoms with Gasteiger partial charge in [0, 0.05) is 12.2 Å². The average molecular weight is 298 g/mol. The third-order valence-electron chi connectivity index (χ3n) is 3.33. The largest absolute Gasteiger partial charge is 0.398 e. The van der Waals surface area contributed by atoms with E-state index in [1.54, 1.807) is 19.1 Å². The first-order valence-electron chi connectivity index (χ1n) is 7.10. The molecule has 20 heavy (non-hydrogen) atoms. The number of aryl methyl sites for hydroxylation is 1. The molecule has 0 aliphatic rings. The zero-order chi connectivity index (χ0) is 15.3. The van der Waals surface area contributed by atoms with E-state index in [1.807, 2.05) is 6.92 Å². The Kier molecular flexibility index (Phi) is 6.02. The topological polar surface area (TPSA) is 72.2 Å². The molecule has 1 rings (SSSR count). The summed E-state index contributed by atoms with van der Waals surface area (Å²) < 4.78 is 27.2. The molecule has 1 aromatic rings. The fourth-order valence-corrected chi connectivity index (χ4v) is 3.52. The Morgan fingerprint density at radius 3 is 2.45 bits per heavy atom. The zero-order valence-corrected chi connectivity index (χ0v) is 13.7. The number of hydrogen-bond acceptors (Lipinski definition) is 3. The van der Waals surface area contributed by atoms with Gasteiger partial charge in [0.25, 0.3) is 0 Å². The van der Waals surface area contributed by atoms with Crippen LogP contribution < -0.4 is 10.5 Å². The molecule has 0 saturated carbocycles. The summed E-state index contributed by atoms with van der Waals surface area (Å²) in [7, 11) is -3.47. The maximum Gasteiger partial charge on any atom is 0.240 e. The lowest BCUT2D eigenvalue weighted by molar-refractivity contribution is 0.530. The van der Waals surface area contributed by atoms with Crippen LogP contribution in [0, 0.1) is 19.8 Å². The fourth-order valence-electron chi connectivity index (χ4n) is 2.09. The molecule has 4 nitrogen and oxygen atoms in total. The summed E-state index contributed by atoms with van der Waals surface area (Å²) in [5.41, 5.74) is 7.83. The second-order valence-corrected chi connectivity index (χ2v) is 7.50. The Morgan fingerprint density at radius 2 is 1.85 bits per heavy atom. The van der Waals surface area contributed by atoms with Crippen molar-refractivity contribution in [2.75, 3.05) is 12.3 Å². The standard InChI is InChI=1S/C15H26N2O2S/c1-11(2)7-5-6-8-17-20(18,19)15-10-12(3)9-14(16)13(15)4/h9-11,17H,5-8,16H2,1-4H3. The lowest BCUT2D eigenvalue weighted by Gasteiger charge is -2.12. The summed E-state index contributed by atoms with van der Waals surface area (Å²) in [6.45, 7) is 8.40. The lowest BCUT2D eigenvalue weighted by Crippen LogP contribution is -2.26. The van der Waals surface area contributed by atoms with Gasteiger partial charge in [0.2, 0.25) is 10.0 Å². The van der Waals surface area contributed by atoms with Crippen molar-refractivity contribution in [1.29, 1.82) is 0 Å². The van der Waals surface area contributed by atoms with E-state index in [9.17, 15) is 8.42 Å². The van der Waals surface area contributed by atoms with Crippen LogP contribution in [0.3, 0.4) is 0 Å². The number of rotatable bonds is 7. The number of nitrogens with two attached hydrogens (primary N) is 1. The van der Waals surface area contributed by atoms with Crippen LogP contribution in [-0.2, 0) is 10.0 Å². The number of benzene rings is 1. The van der Waals surface area contributed by atoms with Crippen LogP contribution in [0.5, 0.6) is 0 Å². The van der Waals surface area contributed by atoms with Gasteiger partial charge < -0.3 is 5.73 Å². The van der Waals surface area contributed by atoms with Crippen molar-refractivity contribution in [3.63, 3.8) is 0 Å². The van der Waals surface area contributed by atoms with Crippen LogP contribution in [0.1, 0.15) is 44.2 Å². The second-order valence-electron chi connectivity index (χ2n) is 5.76. The van der Waals surface area contributed by atoms with Crippen molar-refractivity contribution in [2.24, 2.45) is 5.92 Å². The van der Waals surface area contributed by atoms with Crippen molar-refractivity contribution >= 4 is 15.7 Å². The van der Waals surface area contributed by atoms with Gasteiger partial charge in [-0.3, -0.25) is 0 Å². The van der Waals surface area contributed by atoms with Crippen molar-refractivity contribution in [3.05, 3.63) is 23.3 Å². The quantitative estimate of drug-likeness (QED) is 0.600. The number of unbranched alkanes of at least 4 members (excludes halogenated alkanes) is 1. The first kappa shape index (κ1) is 17.0. The van der Waals surface area contributed by atoms with Crippen LogP contribution in [0.2, 0.25) is 0 Å². The monoisotopic (exact) mass is 298 g/mol. The van der Waals surface area contributed by atoms with Gasteiger partial charge in [0.05, 0.1) is 4.90 Å². The Bertz CT molecular complexity index is 551. The Morgan fingerprint density at radius 1 is 1.20 bits per heavy atom. The molecule has 0 aliphatic carbocycles. The van der Waals surface area contributed by atoms with E-state index in [-0.39, 0.29) is 0 Å². The molecule has 0 amide bonds. The van der Waals surface area contributed by atoms with Crippen molar-refractivity contribution in [3.8, 4) is 0 Å². The summed E-state index contributed by atoms with van der Waals surface area (Å²) >= 11 is 0. The van der Waals surface area contributed by atoms with Crippen LogP contribution in [0.4, 0.5) is 5.69 Å². The molecule has 5 heteroatoms. The van der Waals surface area contributed by atoms with Gasteiger partial charge >= 0.3 is 0 Å². The number of nitrogen functional groups attached to an aromatic ring is 1. The van der Waals surface area contributed by atoms with Gasteiger partial charge in [-0.1, -0.05) is 26.7 Å². The molecule has 0 heterocycles. The highest BCUT2D eigenvalue weighted by Crippen LogP contribution is 2.22. The Balaban J connectivity index is 2.70. The number of nitrogens with one attached hydrogen (secondary N) is 1. The molecule has 0 spiro atoms. The van der Waals surface area contributed by atoms with Gasteiger partial charge in [0.15, 0.2) is 0 Å². The van der Waals surface area contributed by atoms with Gasteiger partial charge in [-0.05, 0) is 49.4 Å². The number of anilines is 1. The summed E-state index contributed by atoms with van der Waals surface area (Å²) in [5.74, 6) is 0.658. The first-order chi connectivity index (χ1) is 9.24. The molecular formula is C15H26N2O2S. The highest BCUT2D eigenvalue weighted by molar-refractivity contribution is 7.89. The fraction of sp³-hybridized carbons (Fsp3) is 0.600. The molecule has 0 saturated heterocycles. The van der Waals surface area contributed by atoms with E-state index in [4.69, 9.17) is 5.73 Å². The molecule has 0 bridgehead atoms. The minimum atomic E-state index is -3.47. The SMILES string of the molecule is Cc1cc(N)c(C)c(S(=O)(=O)NCCCCC(C)C)c1. The van der Waals surface area contributed by atoms with E-state index in [2.05, 4.69) is 18.6 Å². The summed E-state index contributed by atoms with van der Waals surface area (Å²) in [4.78, 5) is 0.291. The van der Waals surface area contributed by atoms with E-state index in [1.165, 1.54) is 0 Å². The molecule has 114 valence electrons. The van der Waals surface area contributed by atoms with Crippen molar-refractivity contribution < 1.29 is 8.42 Å². The maximum atomic E-state index is 12.3. The minimum Gasteiger partial charge on any atom is -0.398 e. The van der Waals surface area contributed by atoms with Crippen LogP contribution >= 0.6 is 0 Å². The second kappa shape index (κ2) is 7.09.